The van der Waals surface area contributed by atoms with E-state index in [9.17, 15) is 5.11 Å². The van der Waals surface area contributed by atoms with Gasteiger partial charge in [0.15, 0.2) is 0 Å². The Balaban J connectivity index is 2.64. The van der Waals surface area contributed by atoms with E-state index in [-0.39, 0.29) is 12.6 Å². The predicted octanol–water partition coefficient (Wildman–Crippen LogP) is 3.20. The monoisotopic (exact) mass is 241 g/mol. The summed E-state index contributed by atoms with van der Waals surface area (Å²) in [7, 11) is 0. The third-order valence-electron chi connectivity index (χ3n) is 2.74. The predicted molar refractivity (Wildman–Crippen MR) is 70.8 cm³/mol. The minimum absolute atomic E-state index is 0.214. The van der Waals surface area contributed by atoms with Gasteiger partial charge in [0.05, 0.1) is 6.61 Å². The molecule has 2 N–H and O–H groups in total. The Morgan fingerprint density at radius 3 is 2.62 bits per heavy atom. The molecule has 0 aromatic carbocycles. The van der Waals surface area contributed by atoms with E-state index >= 15 is 0 Å². The van der Waals surface area contributed by atoms with E-state index in [1.165, 1.54) is 4.88 Å². The Morgan fingerprint density at radius 1 is 1.44 bits per heavy atom. The normalized spacial score (nSPS) is 15.3. The van der Waals surface area contributed by atoms with Gasteiger partial charge in [-0.2, -0.15) is 0 Å². The number of rotatable bonds is 7. The fourth-order valence-electron chi connectivity index (χ4n) is 1.81. The molecule has 1 aromatic rings. The minimum atomic E-state index is 0.214. The van der Waals surface area contributed by atoms with Gasteiger partial charge in [0.1, 0.15) is 0 Å². The first kappa shape index (κ1) is 13.7. The molecule has 3 heteroatoms. The fourth-order valence-corrected chi connectivity index (χ4v) is 2.61. The van der Waals surface area contributed by atoms with Crippen LogP contribution in [0.1, 0.15) is 44.5 Å². The summed E-state index contributed by atoms with van der Waals surface area (Å²) in [6, 6.07) is 4.87. The molecule has 1 heterocycles. The largest absolute Gasteiger partial charge is 0.395 e. The van der Waals surface area contributed by atoms with E-state index in [1.54, 1.807) is 11.3 Å². The summed E-state index contributed by atoms with van der Waals surface area (Å²) in [5.41, 5.74) is 0. The number of aliphatic hydroxyl groups is 1. The average molecular weight is 241 g/mol. The molecule has 1 rings (SSSR count). The summed E-state index contributed by atoms with van der Waals surface area (Å²) in [6.07, 6.45) is 2.09. The molecule has 1 aromatic heterocycles. The van der Waals surface area contributed by atoms with Crippen LogP contribution in [0.5, 0.6) is 0 Å². The molecule has 2 nitrogen and oxygen atoms in total. The number of aliphatic hydroxyl groups excluding tert-OH is 1. The third-order valence-corrected chi connectivity index (χ3v) is 3.73. The molecule has 0 spiro atoms. The molecule has 0 aliphatic heterocycles. The summed E-state index contributed by atoms with van der Waals surface area (Å²) in [4.78, 5) is 1.38. The van der Waals surface area contributed by atoms with Crippen molar-refractivity contribution in [3.63, 3.8) is 0 Å². The van der Waals surface area contributed by atoms with Crippen molar-refractivity contribution in [2.45, 2.75) is 45.7 Å². The van der Waals surface area contributed by atoms with Crippen molar-refractivity contribution in [3.05, 3.63) is 22.4 Å². The SMILES string of the molecule is CC[C@H](CO)NC(CC(C)C)c1cccs1. The Morgan fingerprint density at radius 2 is 2.19 bits per heavy atom. The van der Waals surface area contributed by atoms with Gasteiger partial charge in [-0.05, 0) is 30.2 Å². The maximum Gasteiger partial charge on any atom is 0.0584 e. The highest BCUT2D eigenvalue weighted by Gasteiger charge is 2.17. The first-order chi connectivity index (χ1) is 7.67. The molecule has 0 saturated heterocycles. The molecule has 92 valence electrons. The van der Waals surface area contributed by atoms with Crippen molar-refractivity contribution in [3.8, 4) is 0 Å². The zero-order valence-electron chi connectivity index (χ0n) is 10.4. The van der Waals surface area contributed by atoms with E-state index in [2.05, 4.69) is 43.6 Å². The molecule has 0 fully saturated rings. The number of hydrogen-bond donors (Lipinski definition) is 2. The molecular formula is C13H23NOS. The van der Waals surface area contributed by atoms with Crippen LogP contribution in [0.3, 0.4) is 0 Å². The van der Waals surface area contributed by atoms with Crippen LogP contribution in [0.4, 0.5) is 0 Å². The maximum absolute atomic E-state index is 9.25. The van der Waals surface area contributed by atoms with E-state index in [1.807, 2.05) is 0 Å². The van der Waals surface area contributed by atoms with Crippen molar-refractivity contribution in [2.24, 2.45) is 5.92 Å². The second-order valence-electron chi connectivity index (χ2n) is 4.65. The Kier molecular flexibility index (Phi) is 6.03. The van der Waals surface area contributed by atoms with Crippen LogP contribution in [0.15, 0.2) is 17.5 Å². The highest BCUT2D eigenvalue weighted by atomic mass is 32.1. The number of thiophene rings is 1. The summed E-state index contributed by atoms with van der Waals surface area (Å²) in [5.74, 6) is 0.663. The lowest BCUT2D eigenvalue weighted by Gasteiger charge is -2.24. The van der Waals surface area contributed by atoms with Gasteiger partial charge in [0.2, 0.25) is 0 Å². The van der Waals surface area contributed by atoms with Gasteiger partial charge < -0.3 is 10.4 Å². The van der Waals surface area contributed by atoms with Crippen LogP contribution in [-0.4, -0.2) is 17.8 Å². The topological polar surface area (TPSA) is 32.3 Å². The van der Waals surface area contributed by atoms with Gasteiger partial charge in [0.25, 0.3) is 0 Å². The Bertz CT molecular complexity index is 267. The van der Waals surface area contributed by atoms with Crippen molar-refractivity contribution in [2.75, 3.05) is 6.61 Å². The second kappa shape index (κ2) is 7.05. The smallest absolute Gasteiger partial charge is 0.0584 e. The zero-order valence-corrected chi connectivity index (χ0v) is 11.3. The van der Waals surface area contributed by atoms with E-state index in [0.717, 1.165) is 12.8 Å². The second-order valence-corrected chi connectivity index (χ2v) is 5.63. The van der Waals surface area contributed by atoms with Crippen LogP contribution in [0.25, 0.3) is 0 Å². The Hall–Kier alpha value is -0.380. The molecule has 0 radical (unpaired) electrons. The van der Waals surface area contributed by atoms with Crippen molar-refractivity contribution < 1.29 is 5.11 Å². The van der Waals surface area contributed by atoms with Gasteiger partial charge in [-0.25, -0.2) is 0 Å². The van der Waals surface area contributed by atoms with Gasteiger partial charge >= 0.3 is 0 Å². The van der Waals surface area contributed by atoms with Crippen molar-refractivity contribution >= 4 is 11.3 Å². The molecule has 0 aliphatic carbocycles. The molecule has 2 atom stereocenters. The Labute approximate surface area is 103 Å². The van der Waals surface area contributed by atoms with Crippen molar-refractivity contribution in [1.29, 1.82) is 0 Å². The summed E-state index contributed by atoms with van der Waals surface area (Å²) < 4.78 is 0. The highest BCUT2D eigenvalue weighted by Crippen LogP contribution is 2.25. The third kappa shape index (κ3) is 4.24. The van der Waals surface area contributed by atoms with Crippen LogP contribution in [-0.2, 0) is 0 Å². The first-order valence-electron chi connectivity index (χ1n) is 6.07. The first-order valence-corrected chi connectivity index (χ1v) is 6.95. The van der Waals surface area contributed by atoms with Gasteiger partial charge in [-0.3, -0.25) is 0 Å². The van der Waals surface area contributed by atoms with Crippen LogP contribution in [0, 0.1) is 5.92 Å². The quantitative estimate of drug-likeness (QED) is 0.768. The number of nitrogens with one attached hydrogen (secondary N) is 1. The van der Waals surface area contributed by atoms with Gasteiger partial charge in [-0.15, -0.1) is 11.3 Å². The van der Waals surface area contributed by atoms with Crippen LogP contribution in [0.2, 0.25) is 0 Å². The molecule has 0 bridgehead atoms. The lowest BCUT2D eigenvalue weighted by Crippen LogP contribution is -2.35. The lowest BCUT2D eigenvalue weighted by atomic mass is 10.0. The molecule has 0 aliphatic rings. The lowest BCUT2D eigenvalue weighted by molar-refractivity contribution is 0.222. The summed E-state index contributed by atoms with van der Waals surface area (Å²) >= 11 is 1.79. The van der Waals surface area contributed by atoms with Gasteiger partial charge in [0, 0.05) is 17.0 Å². The standard InChI is InChI=1S/C13H23NOS/c1-4-11(9-15)14-12(8-10(2)3)13-6-5-7-16-13/h5-7,10-12,14-15H,4,8-9H2,1-3H3/t11-,12?/m1/s1. The van der Waals surface area contributed by atoms with E-state index in [0.29, 0.717) is 12.0 Å². The summed E-state index contributed by atoms with van der Waals surface area (Å²) in [6.45, 7) is 6.80. The van der Waals surface area contributed by atoms with Crippen molar-refractivity contribution in [1.82, 2.24) is 5.32 Å². The average Bonchev–Trinajstić information content (AvgIpc) is 2.76. The molecular weight excluding hydrogens is 218 g/mol. The summed E-state index contributed by atoms with van der Waals surface area (Å²) in [5, 5.41) is 14.9. The van der Waals surface area contributed by atoms with E-state index < -0.39 is 0 Å². The molecule has 0 saturated carbocycles. The van der Waals surface area contributed by atoms with Crippen LogP contribution < -0.4 is 5.32 Å². The highest BCUT2D eigenvalue weighted by molar-refractivity contribution is 7.10. The number of hydrogen-bond acceptors (Lipinski definition) is 3. The fraction of sp³-hybridized carbons (Fsp3) is 0.692. The van der Waals surface area contributed by atoms with Gasteiger partial charge in [-0.1, -0.05) is 26.8 Å². The maximum atomic E-state index is 9.25. The molecule has 16 heavy (non-hydrogen) atoms. The van der Waals surface area contributed by atoms with Crippen LogP contribution >= 0.6 is 11.3 Å². The molecule has 1 unspecified atom stereocenters. The minimum Gasteiger partial charge on any atom is -0.395 e. The zero-order chi connectivity index (χ0) is 12.0. The van der Waals surface area contributed by atoms with E-state index in [4.69, 9.17) is 0 Å². The molecule has 0 amide bonds.